The number of nitrogens with zero attached hydrogens (tertiary/aromatic N) is 1. The Morgan fingerprint density at radius 3 is 2.32 bits per heavy atom. The number of carbonyl (C=O) groups excluding carboxylic acids is 1. The minimum absolute atomic E-state index is 0.123. The van der Waals surface area contributed by atoms with Crippen LogP contribution in [0.1, 0.15) is 26.2 Å². The number of benzene rings is 1. The first-order chi connectivity index (χ1) is 11.6. The van der Waals surface area contributed by atoms with Gasteiger partial charge in [0.15, 0.2) is 14.6 Å². The monoisotopic (exact) mass is 385 g/mol. The van der Waals surface area contributed by atoms with Gasteiger partial charge in [0.05, 0.1) is 30.2 Å². The number of hydrogen-bond donors (Lipinski definition) is 1. The van der Waals surface area contributed by atoms with Gasteiger partial charge in [0.25, 0.3) is 0 Å². The highest BCUT2D eigenvalue weighted by Crippen LogP contribution is 2.50. The first-order valence-corrected chi connectivity index (χ1v) is 10.1. The highest BCUT2D eigenvalue weighted by molar-refractivity contribution is 7.94. The molecule has 1 amide bonds. The van der Waals surface area contributed by atoms with Crippen molar-refractivity contribution in [2.24, 2.45) is 0 Å². The Balaban J connectivity index is 1.52. The van der Waals surface area contributed by atoms with Gasteiger partial charge in [-0.15, -0.1) is 0 Å². The van der Waals surface area contributed by atoms with Crippen LogP contribution in [0.4, 0.5) is 0 Å². The van der Waals surface area contributed by atoms with Gasteiger partial charge in [-0.1, -0.05) is 11.6 Å². The SMILES string of the molecule is CC1(O)COC2(CN(C(=O)C3(S(=O)(=O)c4ccc(Cl)cc4)CC3)C2)C1. The summed E-state index contributed by atoms with van der Waals surface area (Å²) in [6.07, 6.45) is 1.12. The Labute approximate surface area is 151 Å². The Bertz CT molecular complexity index is 823. The molecule has 1 N–H and O–H groups in total. The standard InChI is InChI=1S/C17H20ClNO5S/c1-15(21)8-16(24-11-15)9-19(10-16)14(20)17(6-7-17)25(22,23)13-4-2-12(18)3-5-13/h2-5,21H,6-11H2,1H3. The zero-order valence-corrected chi connectivity index (χ0v) is 15.4. The third-order valence-electron chi connectivity index (χ3n) is 5.37. The van der Waals surface area contributed by atoms with Gasteiger partial charge in [0, 0.05) is 11.4 Å². The highest BCUT2D eigenvalue weighted by Gasteiger charge is 2.65. The predicted octanol–water partition coefficient (Wildman–Crippen LogP) is 1.40. The lowest BCUT2D eigenvalue weighted by Gasteiger charge is -2.48. The van der Waals surface area contributed by atoms with Crippen molar-refractivity contribution < 1.29 is 23.1 Å². The van der Waals surface area contributed by atoms with Crippen molar-refractivity contribution >= 4 is 27.3 Å². The number of carbonyl (C=O) groups is 1. The fraction of sp³-hybridized carbons (Fsp3) is 0.588. The molecule has 25 heavy (non-hydrogen) atoms. The summed E-state index contributed by atoms with van der Waals surface area (Å²) in [5, 5.41) is 10.5. The molecule has 1 saturated carbocycles. The molecule has 0 aromatic heterocycles. The molecule has 1 unspecified atom stereocenters. The molecular formula is C17H20ClNO5S. The third-order valence-corrected chi connectivity index (χ3v) is 8.13. The van der Waals surface area contributed by atoms with E-state index in [-0.39, 0.29) is 17.4 Å². The molecule has 2 saturated heterocycles. The maximum atomic E-state index is 13.0. The molecule has 8 heteroatoms. The van der Waals surface area contributed by atoms with Crippen molar-refractivity contribution in [1.29, 1.82) is 0 Å². The van der Waals surface area contributed by atoms with Crippen LogP contribution in [-0.2, 0) is 19.4 Å². The van der Waals surface area contributed by atoms with Gasteiger partial charge in [-0.3, -0.25) is 4.79 Å². The molecule has 1 atom stereocenters. The fourth-order valence-corrected chi connectivity index (χ4v) is 6.01. The second-order valence-corrected chi connectivity index (χ2v) is 10.5. The summed E-state index contributed by atoms with van der Waals surface area (Å²) in [4.78, 5) is 14.6. The second-order valence-electron chi connectivity index (χ2n) is 7.76. The number of likely N-dealkylation sites (tertiary alicyclic amines) is 1. The number of aliphatic hydroxyl groups is 1. The van der Waals surface area contributed by atoms with E-state index in [1.165, 1.54) is 24.3 Å². The summed E-state index contributed by atoms with van der Waals surface area (Å²) < 4.78 is 30.3. The van der Waals surface area contributed by atoms with Crippen LogP contribution in [0.3, 0.4) is 0 Å². The van der Waals surface area contributed by atoms with E-state index < -0.39 is 25.8 Å². The molecule has 1 aliphatic carbocycles. The van der Waals surface area contributed by atoms with E-state index in [2.05, 4.69) is 0 Å². The van der Waals surface area contributed by atoms with Gasteiger partial charge >= 0.3 is 0 Å². The average Bonchev–Trinajstić information content (AvgIpc) is 3.25. The molecule has 3 fully saturated rings. The largest absolute Gasteiger partial charge is 0.388 e. The Morgan fingerprint density at radius 1 is 1.24 bits per heavy atom. The quantitative estimate of drug-likeness (QED) is 0.850. The molecular weight excluding hydrogens is 366 g/mol. The third kappa shape index (κ3) is 2.60. The van der Waals surface area contributed by atoms with E-state index in [0.29, 0.717) is 37.4 Å². The van der Waals surface area contributed by atoms with Gasteiger partial charge < -0.3 is 14.7 Å². The van der Waals surface area contributed by atoms with E-state index in [0.717, 1.165) is 0 Å². The average molecular weight is 386 g/mol. The molecule has 0 bridgehead atoms. The summed E-state index contributed by atoms with van der Waals surface area (Å²) in [6, 6.07) is 5.92. The molecule has 2 heterocycles. The predicted molar refractivity (Wildman–Crippen MR) is 91.1 cm³/mol. The van der Waals surface area contributed by atoms with Gasteiger partial charge in [0.1, 0.15) is 5.60 Å². The van der Waals surface area contributed by atoms with Gasteiger partial charge in [-0.25, -0.2) is 8.42 Å². The minimum atomic E-state index is -3.76. The summed E-state index contributed by atoms with van der Waals surface area (Å²) >= 11 is 5.82. The Morgan fingerprint density at radius 2 is 1.84 bits per heavy atom. The molecule has 6 nitrogen and oxygen atoms in total. The first kappa shape index (κ1) is 17.3. The van der Waals surface area contributed by atoms with E-state index in [9.17, 15) is 18.3 Å². The lowest BCUT2D eigenvalue weighted by Crippen LogP contribution is -2.66. The van der Waals surface area contributed by atoms with Crippen LogP contribution >= 0.6 is 11.6 Å². The van der Waals surface area contributed by atoms with Crippen LogP contribution in [0.15, 0.2) is 29.2 Å². The van der Waals surface area contributed by atoms with Crippen molar-refractivity contribution in [2.75, 3.05) is 19.7 Å². The summed E-state index contributed by atoms with van der Waals surface area (Å²) in [7, 11) is -3.76. The summed E-state index contributed by atoms with van der Waals surface area (Å²) in [5.41, 5.74) is -1.42. The van der Waals surface area contributed by atoms with Crippen molar-refractivity contribution in [3.8, 4) is 0 Å². The van der Waals surface area contributed by atoms with Gasteiger partial charge in [0.2, 0.25) is 5.91 Å². The number of sulfone groups is 1. The molecule has 3 aliphatic rings. The number of rotatable bonds is 3. The summed E-state index contributed by atoms with van der Waals surface area (Å²) in [5.74, 6) is -0.358. The van der Waals surface area contributed by atoms with Crippen molar-refractivity contribution in [1.82, 2.24) is 4.90 Å². The highest BCUT2D eigenvalue weighted by atomic mass is 35.5. The van der Waals surface area contributed by atoms with E-state index >= 15 is 0 Å². The maximum Gasteiger partial charge on any atom is 0.244 e. The number of amides is 1. The normalized spacial score (nSPS) is 29.5. The minimum Gasteiger partial charge on any atom is -0.388 e. The van der Waals surface area contributed by atoms with Gasteiger partial charge in [-0.05, 0) is 44.0 Å². The van der Waals surface area contributed by atoms with Crippen LogP contribution in [0.5, 0.6) is 0 Å². The van der Waals surface area contributed by atoms with Crippen LogP contribution in [0.2, 0.25) is 5.02 Å². The molecule has 1 aromatic carbocycles. The second kappa shape index (κ2) is 5.19. The van der Waals surface area contributed by atoms with Crippen LogP contribution < -0.4 is 0 Å². The molecule has 4 rings (SSSR count). The van der Waals surface area contributed by atoms with E-state index in [1.54, 1.807) is 11.8 Å². The molecule has 136 valence electrons. The van der Waals surface area contributed by atoms with Crippen LogP contribution in [0.25, 0.3) is 0 Å². The summed E-state index contributed by atoms with van der Waals surface area (Å²) in [6.45, 7) is 2.61. The van der Waals surface area contributed by atoms with Crippen molar-refractivity contribution in [3.63, 3.8) is 0 Å². The molecule has 0 radical (unpaired) electrons. The molecule has 1 aromatic rings. The Kier molecular flexibility index (Phi) is 3.59. The lowest BCUT2D eigenvalue weighted by molar-refractivity contribution is -0.158. The first-order valence-electron chi connectivity index (χ1n) is 8.25. The topological polar surface area (TPSA) is 83.9 Å². The van der Waals surface area contributed by atoms with Crippen molar-refractivity contribution in [2.45, 2.75) is 47.0 Å². The van der Waals surface area contributed by atoms with Gasteiger partial charge in [-0.2, -0.15) is 0 Å². The zero-order valence-electron chi connectivity index (χ0n) is 13.9. The maximum absolute atomic E-state index is 13.0. The number of ether oxygens (including phenoxy) is 1. The smallest absolute Gasteiger partial charge is 0.244 e. The van der Waals surface area contributed by atoms with Crippen LogP contribution in [0, 0.1) is 0 Å². The van der Waals surface area contributed by atoms with Crippen LogP contribution in [-0.4, -0.2) is 60.0 Å². The van der Waals surface area contributed by atoms with E-state index in [4.69, 9.17) is 16.3 Å². The molecule has 2 aliphatic heterocycles. The molecule has 1 spiro atoms. The number of hydrogen-bond acceptors (Lipinski definition) is 5. The number of halogens is 1. The fourth-order valence-electron chi connectivity index (χ4n) is 3.94. The zero-order chi connectivity index (χ0) is 18.1. The lowest BCUT2D eigenvalue weighted by atomic mass is 9.85. The van der Waals surface area contributed by atoms with Crippen molar-refractivity contribution in [3.05, 3.63) is 29.3 Å². The Hall–Kier alpha value is -1.15. The van der Waals surface area contributed by atoms with E-state index in [1.807, 2.05) is 0 Å².